The molecule has 0 saturated heterocycles. The van der Waals surface area contributed by atoms with Gasteiger partial charge in [0.15, 0.2) is 12.4 Å². The van der Waals surface area contributed by atoms with E-state index in [4.69, 9.17) is 13.9 Å². The largest absolute Gasteiger partial charge is 0.462 e. The number of fused-ring (bicyclic) bond motifs is 1. The number of amides is 1. The van der Waals surface area contributed by atoms with Crippen LogP contribution in [0.4, 0.5) is 5.88 Å². The number of thioether (sulfide) groups is 1. The number of Topliss-reactive ketones (excluding diaryl/α,β-unsaturated/α-hetero) is 1. The molecule has 0 spiro atoms. The van der Waals surface area contributed by atoms with Gasteiger partial charge in [-0.25, -0.2) is 4.79 Å². The summed E-state index contributed by atoms with van der Waals surface area (Å²) in [5.74, 6) is -2.51. The summed E-state index contributed by atoms with van der Waals surface area (Å²) < 4.78 is 15.4. The molecular formula is C24H23NO7S. The molecule has 0 fully saturated rings. The molecule has 0 aliphatic rings. The Morgan fingerprint density at radius 3 is 2.42 bits per heavy atom. The monoisotopic (exact) mass is 469 g/mol. The van der Waals surface area contributed by atoms with Crippen LogP contribution < -0.4 is 5.32 Å². The first-order valence-corrected chi connectivity index (χ1v) is 11.2. The van der Waals surface area contributed by atoms with E-state index in [1.807, 2.05) is 42.5 Å². The van der Waals surface area contributed by atoms with Gasteiger partial charge in [-0.05, 0) is 43.7 Å². The lowest BCUT2D eigenvalue weighted by Crippen LogP contribution is -2.23. The van der Waals surface area contributed by atoms with Gasteiger partial charge in [-0.1, -0.05) is 30.3 Å². The SMILES string of the molecule is CCOC(=O)c1c(NC(=O)COC(=O)CSc2ccc3ccccc3c2)oc(C)c1C(C)=O. The lowest BCUT2D eigenvalue weighted by molar-refractivity contribution is -0.144. The molecule has 1 heterocycles. The predicted octanol–water partition coefficient (Wildman–Crippen LogP) is 4.39. The van der Waals surface area contributed by atoms with Crippen molar-refractivity contribution in [2.24, 2.45) is 0 Å². The minimum absolute atomic E-state index is 0.0219. The van der Waals surface area contributed by atoms with Crippen LogP contribution in [-0.2, 0) is 19.1 Å². The van der Waals surface area contributed by atoms with Gasteiger partial charge < -0.3 is 13.9 Å². The van der Waals surface area contributed by atoms with E-state index in [2.05, 4.69) is 5.32 Å². The lowest BCUT2D eigenvalue weighted by Gasteiger charge is -2.07. The molecule has 3 rings (SSSR count). The highest BCUT2D eigenvalue weighted by Crippen LogP contribution is 2.28. The summed E-state index contributed by atoms with van der Waals surface area (Å²) in [5, 5.41) is 4.54. The van der Waals surface area contributed by atoms with Gasteiger partial charge in [0.25, 0.3) is 5.91 Å². The van der Waals surface area contributed by atoms with Gasteiger partial charge in [-0.3, -0.25) is 19.7 Å². The fourth-order valence-electron chi connectivity index (χ4n) is 3.20. The Balaban J connectivity index is 1.57. The molecule has 0 saturated carbocycles. The summed E-state index contributed by atoms with van der Waals surface area (Å²) in [5.41, 5.74) is -0.124. The van der Waals surface area contributed by atoms with Gasteiger partial charge in [0.2, 0.25) is 5.88 Å². The summed E-state index contributed by atoms with van der Waals surface area (Å²) >= 11 is 1.30. The molecule has 0 radical (unpaired) electrons. The maximum absolute atomic E-state index is 12.3. The molecule has 0 aliphatic heterocycles. The van der Waals surface area contributed by atoms with Crippen molar-refractivity contribution in [3.63, 3.8) is 0 Å². The maximum Gasteiger partial charge on any atom is 0.344 e. The third-order valence-electron chi connectivity index (χ3n) is 4.61. The van der Waals surface area contributed by atoms with E-state index in [1.165, 1.54) is 25.6 Å². The van der Waals surface area contributed by atoms with Crippen LogP contribution in [0, 0.1) is 6.92 Å². The fourth-order valence-corrected chi connectivity index (χ4v) is 3.95. The van der Waals surface area contributed by atoms with Crippen molar-refractivity contribution in [3.05, 3.63) is 59.4 Å². The number of esters is 2. The molecule has 3 aromatic rings. The third kappa shape index (κ3) is 6.01. The number of carbonyl (C=O) groups excluding carboxylic acids is 4. The average molecular weight is 470 g/mol. The van der Waals surface area contributed by atoms with Crippen LogP contribution in [0.15, 0.2) is 51.8 Å². The van der Waals surface area contributed by atoms with Gasteiger partial charge in [0.05, 0.1) is 17.9 Å². The quantitative estimate of drug-likeness (QED) is 0.279. The number of nitrogens with one attached hydrogen (secondary N) is 1. The minimum atomic E-state index is -0.793. The molecule has 1 amide bonds. The number of rotatable bonds is 9. The third-order valence-corrected chi connectivity index (χ3v) is 5.58. The van der Waals surface area contributed by atoms with Crippen molar-refractivity contribution in [1.82, 2.24) is 0 Å². The second-order valence-corrected chi connectivity index (χ2v) is 8.07. The van der Waals surface area contributed by atoms with Crippen molar-refractivity contribution < 1.29 is 33.1 Å². The number of carbonyl (C=O) groups is 4. The minimum Gasteiger partial charge on any atom is -0.462 e. The van der Waals surface area contributed by atoms with Crippen LogP contribution in [0.25, 0.3) is 10.8 Å². The molecule has 0 bridgehead atoms. The van der Waals surface area contributed by atoms with Crippen molar-refractivity contribution in [2.75, 3.05) is 24.3 Å². The van der Waals surface area contributed by atoms with Crippen molar-refractivity contribution >= 4 is 52.0 Å². The number of ether oxygens (including phenoxy) is 2. The van der Waals surface area contributed by atoms with Crippen LogP contribution in [0.5, 0.6) is 0 Å². The molecule has 9 heteroatoms. The van der Waals surface area contributed by atoms with Crippen LogP contribution in [-0.4, -0.2) is 42.6 Å². The lowest BCUT2D eigenvalue weighted by atomic mass is 10.1. The van der Waals surface area contributed by atoms with Crippen molar-refractivity contribution in [1.29, 1.82) is 0 Å². The summed E-state index contributed by atoms with van der Waals surface area (Å²) in [7, 11) is 0. The van der Waals surface area contributed by atoms with Gasteiger partial charge in [0, 0.05) is 4.90 Å². The first kappa shape index (κ1) is 24.1. The van der Waals surface area contributed by atoms with E-state index in [1.54, 1.807) is 6.92 Å². The van der Waals surface area contributed by atoms with E-state index in [9.17, 15) is 19.2 Å². The normalized spacial score (nSPS) is 10.6. The summed E-state index contributed by atoms with van der Waals surface area (Å²) in [6.45, 7) is 3.90. The molecular weight excluding hydrogens is 446 g/mol. The highest BCUT2D eigenvalue weighted by molar-refractivity contribution is 8.00. The Morgan fingerprint density at radius 2 is 1.73 bits per heavy atom. The highest BCUT2D eigenvalue weighted by Gasteiger charge is 2.28. The topological polar surface area (TPSA) is 112 Å². The number of hydrogen-bond acceptors (Lipinski definition) is 8. The summed E-state index contributed by atoms with van der Waals surface area (Å²) in [6, 6.07) is 13.7. The zero-order chi connectivity index (χ0) is 24.0. The first-order chi connectivity index (χ1) is 15.8. The van der Waals surface area contributed by atoms with E-state index < -0.39 is 30.2 Å². The zero-order valence-electron chi connectivity index (χ0n) is 18.4. The average Bonchev–Trinajstić information content (AvgIpc) is 3.12. The summed E-state index contributed by atoms with van der Waals surface area (Å²) in [6.07, 6.45) is 0. The van der Waals surface area contributed by atoms with Crippen LogP contribution in [0.1, 0.15) is 40.3 Å². The molecule has 8 nitrogen and oxygen atoms in total. The van der Waals surface area contributed by atoms with E-state index in [0.717, 1.165) is 15.7 Å². The second-order valence-electron chi connectivity index (χ2n) is 7.02. The number of hydrogen-bond donors (Lipinski definition) is 1. The second kappa shape index (κ2) is 10.8. The number of anilines is 1. The van der Waals surface area contributed by atoms with Crippen molar-refractivity contribution in [3.8, 4) is 0 Å². The van der Waals surface area contributed by atoms with Crippen molar-refractivity contribution in [2.45, 2.75) is 25.7 Å². The maximum atomic E-state index is 12.3. The summed E-state index contributed by atoms with van der Waals surface area (Å²) in [4.78, 5) is 49.4. The highest BCUT2D eigenvalue weighted by atomic mass is 32.2. The van der Waals surface area contributed by atoms with E-state index in [-0.39, 0.29) is 35.1 Å². The number of aryl methyl sites for hydroxylation is 1. The van der Waals surface area contributed by atoms with E-state index in [0.29, 0.717) is 0 Å². The Labute approximate surface area is 194 Å². The number of ketones is 1. The molecule has 33 heavy (non-hydrogen) atoms. The van der Waals surface area contributed by atoms with Gasteiger partial charge >= 0.3 is 11.9 Å². The Kier molecular flexibility index (Phi) is 7.89. The molecule has 0 atom stereocenters. The Bertz CT molecular complexity index is 1210. The van der Waals surface area contributed by atoms with Crippen LogP contribution in [0.2, 0.25) is 0 Å². The molecule has 172 valence electrons. The Morgan fingerprint density at radius 1 is 1.00 bits per heavy atom. The van der Waals surface area contributed by atoms with Crippen LogP contribution in [0.3, 0.4) is 0 Å². The Hall–Kier alpha value is -3.59. The molecule has 1 aromatic heterocycles. The predicted molar refractivity (Wildman–Crippen MR) is 124 cm³/mol. The first-order valence-electron chi connectivity index (χ1n) is 10.2. The smallest absolute Gasteiger partial charge is 0.344 e. The molecule has 1 N–H and O–H groups in total. The van der Waals surface area contributed by atoms with E-state index >= 15 is 0 Å². The zero-order valence-corrected chi connectivity index (χ0v) is 19.2. The number of furan rings is 1. The van der Waals surface area contributed by atoms with Gasteiger partial charge in [0.1, 0.15) is 11.3 Å². The number of benzene rings is 2. The van der Waals surface area contributed by atoms with Gasteiger partial charge in [-0.2, -0.15) is 0 Å². The molecule has 0 aliphatic carbocycles. The van der Waals surface area contributed by atoms with Crippen LogP contribution >= 0.6 is 11.8 Å². The standard InChI is InChI=1S/C24H23NO7S/c1-4-30-24(29)22-21(14(2)26)15(3)32-23(22)25-19(27)12-31-20(28)13-33-18-10-9-16-7-5-6-8-17(16)11-18/h5-11H,4,12-13H2,1-3H3,(H,25,27). The molecule has 2 aromatic carbocycles. The van der Waals surface area contributed by atoms with Gasteiger partial charge in [-0.15, -0.1) is 11.8 Å². The molecule has 0 unspecified atom stereocenters. The fraction of sp³-hybridized carbons (Fsp3) is 0.250.